The van der Waals surface area contributed by atoms with E-state index < -0.39 is 11.6 Å². The highest BCUT2D eigenvalue weighted by Gasteiger charge is 2.54. The SMILES string of the molecule is CN1C(=O)C(C)(C2CC2)NC(=O)C1c1ccccc1. The van der Waals surface area contributed by atoms with E-state index in [4.69, 9.17) is 0 Å². The minimum atomic E-state index is -0.711. The van der Waals surface area contributed by atoms with Crippen molar-refractivity contribution in [2.24, 2.45) is 5.92 Å². The first-order valence-electron chi connectivity index (χ1n) is 6.68. The second-order valence-electron chi connectivity index (χ2n) is 5.70. The Bertz CT molecular complexity index is 524. The van der Waals surface area contributed by atoms with Crippen molar-refractivity contribution in [1.29, 1.82) is 0 Å². The van der Waals surface area contributed by atoms with Crippen molar-refractivity contribution in [2.45, 2.75) is 31.3 Å². The van der Waals surface area contributed by atoms with Crippen LogP contribution in [0, 0.1) is 5.92 Å². The van der Waals surface area contributed by atoms with Crippen LogP contribution in [0.5, 0.6) is 0 Å². The number of carbonyl (C=O) groups excluding carboxylic acids is 2. The number of nitrogens with one attached hydrogen (secondary N) is 1. The molecule has 0 aromatic heterocycles. The third kappa shape index (κ3) is 1.82. The Morgan fingerprint density at radius 1 is 1.21 bits per heavy atom. The standard InChI is InChI=1S/C15H18N2O2/c1-15(11-8-9-11)14(19)17(2)12(13(18)16-15)10-6-4-3-5-7-10/h3-7,11-12H,8-9H2,1-2H3,(H,16,18). The summed E-state index contributed by atoms with van der Waals surface area (Å²) in [6.45, 7) is 1.85. The van der Waals surface area contributed by atoms with E-state index in [1.165, 1.54) is 0 Å². The molecular weight excluding hydrogens is 240 g/mol. The van der Waals surface area contributed by atoms with Crippen molar-refractivity contribution >= 4 is 11.8 Å². The zero-order chi connectivity index (χ0) is 13.6. The summed E-state index contributed by atoms with van der Waals surface area (Å²) in [5.74, 6) is 0.231. The molecule has 19 heavy (non-hydrogen) atoms. The maximum absolute atomic E-state index is 12.6. The topological polar surface area (TPSA) is 49.4 Å². The third-order valence-corrected chi connectivity index (χ3v) is 4.29. The van der Waals surface area contributed by atoms with E-state index in [1.54, 1.807) is 11.9 Å². The first-order valence-corrected chi connectivity index (χ1v) is 6.68. The van der Waals surface area contributed by atoms with Gasteiger partial charge in [-0.25, -0.2) is 0 Å². The number of amides is 2. The normalized spacial score (nSPS) is 31.3. The lowest BCUT2D eigenvalue weighted by molar-refractivity contribution is -0.153. The molecule has 2 amide bonds. The predicted octanol–water partition coefficient (Wildman–Crippen LogP) is 1.48. The van der Waals surface area contributed by atoms with Crippen LogP contribution in [0.1, 0.15) is 31.4 Å². The Balaban J connectivity index is 1.94. The molecule has 1 saturated carbocycles. The van der Waals surface area contributed by atoms with Crippen LogP contribution in [-0.2, 0) is 9.59 Å². The maximum Gasteiger partial charge on any atom is 0.249 e. The van der Waals surface area contributed by atoms with Crippen LogP contribution < -0.4 is 5.32 Å². The highest BCUT2D eigenvalue weighted by Crippen LogP contribution is 2.43. The van der Waals surface area contributed by atoms with Gasteiger partial charge in [-0.05, 0) is 31.2 Å². The third-order valence-electron chi connectivity index (χ3n) is 4.29. The van der Waals surface area contributed by atoms with Crippen LogP contribution in [0.4, 0.5) is 0 Å². The fourth-order valence-corrected chi connectivity index (χ4v) is 2.98. The van der Waals surface area contributed by atoms with Crippen molar-refractivity contribution < 1.29 is 9.59 Å². The molecule has 100 valence electrons. The second-order valence-corrected chi connectivity index (χ2v) is 5.70. The highest BCUT2D eigenvalue weighted by molar-refractivity contribution is 6.00. The van der Waals surface area contributed by atoms with E-state index in [1.807, 2.05) is 37.3 Å². The smallest absolute Gasteiger partial charge is 0.249 e. The monoisotopic (exact) mass is 258 g/mol. The molecule has 1 aromatic carbocycles. The number of rotatable bonds is 2. The van der Waals surface area contributed by atoms with Gasteiger partial charge in [0.15, 0.2) is 0 Å². The molecule has 2 fully saturated rings. The molecule has 1 N–H and O–H groups in total. The molecule has 0 spiro atoms. The van der Waals surface area contributed by atoms with E-state index >= 15 is 0 Å². The van der Waals surface area contributed by atoms with Crippen LogP contribution in [0.2, 0.25) is 0 Å². The Hall–Kier alpha value is -1.84. The van der Waals surface area contributed by atoms with Gasteiger partial charge < -0.3 is 10.2 Å². The van der Waals surface area contributed by atoms with Gasteiger partial charge in [-0.1, -0.05) is 30.3 Å². The molecule has 1 aromatic rings. The molecule has 1 aliphatic heterocycles. The lowest BCUT2D eigenvalue weighted by atomic mass is 9.88. The molecule has 3 rings (SSSR count). The Morgan fingerprint density at radius 3 is 2.42 bits per heavy atom. The van der Waals surface area contributed by atoms with Gasteiger partial charge in [-0.2, -0.15) is 0 Å². The molecule has 1 heterocycles. The summed E-state index contributed by atoms with van der Waals surface area (Å²) in [7, 11) is 1.72. The van der Waals surface area contributed by atoms with Gasteiger partial charge >= 0.3 is 0 Å². The first kappa shape index (κ1) is 12.2. The molecule has 1 aliphatic carbocycles. The van der Waals surface area contributed by atoms with E-state index in [0.29, 0.717) is 5.92 Å². The maximum atomic E-state index is 12.6. The van der Waals surface area contributed by atoms with Crippen molar-refractivity contribution in [3.8, 4) is 0 Å². The second kappa shape index (κ2) is 4.08. The number of carbonyl (C=O) groups is 2. The zero-order valence-electron chi connectivity index (χ0n) is 11.2. The van der Waals surface area contributed by atoms with Crippen LogP contribution in [-0.4, -0.2) is 29.3 Å². The molecule has 0 bridgehead atoms. The number of nitrogens with zero attached hydrogens (tertiary/aromatic N) is 1. The van der Waals surface area contributed by atoms with Crippen LogP contribution >= 0.6 is 0 Å². The largest absolute Gasteiger partial charge is 0.340 e. The summed E-state index contributed by atoms with van der Waals surface area (Å²) in [5, 5.41) is 2.95. The molecule has 2 atom stereocenters. The summed E-state index contributed by atoms with van der Waals surface area (Å²) in [5.41, 5.74) is 0.144. The average molecular weight is 258 g/mol. The van der Waals surface area contributed by atoms with Crippen molar-refractivity contribution in [3.05, 3.63) is 35.9 Å². The summed E-state index contributed by atoms with van der Waals surface area (Å²) >= 11 is 0. The van der Waals surface area contributed by atoms with Crippen molar-refractivity contribution in [1.82, 2.24) is 10.2 Å². The molecule has 4 nitrogen and oxygen atoms in total. The average Bonchev–Trinajstić information content (AvgIpc) is 3.22. The van der Waals surface area contributed by atoms with Crippen molar-refractivity contribution in [2.75, 3.05) is 7.05 Å². The molecular formula is C15H18N2O2. The number of hydrogen-bond acceptors (Lipinski definition) is 2. The summed E-state index contributed by atoms with van der Waals surface area (Å²) in [4.78, 5) is 26.6. The van der Waals surface area contributed by atoms with Gasteiger partial charge in [0.2, 0.25) is 11.8 Å². The van der Waals surface area contributed by atoms with E-state index in [-0.39, 0.29) is 11.8 Å². The van der Waals surface area contributed by atoms with Gasteiger partial charge in [-0.3, -0.25) is 9.59 Å². The van der Waals surface area contributed by atoms with Gasteiger partial charge in [0.1, 0.15) is 11.6 Å². The summed E-state index contributed by atoms with van der Waals surface area (Å²) < 4.78 is 0. The van der Waals surface area contributed by atoms with E-state index in [9.17, 15) is 9.59 Å². The predicted molar refractivity (Wildman–Crippen MR) is 71.2 cm³/mol. The molecule has 2 unspecified atom stereocenters. The summed E-state index contributed by atoms with van der Waals surface area (Å²) in [6.07, 6.45) is 2.04. The van der Waals surface area contributed by atoms with Crippen LogP contribution in [0.3, 0.4) is 0 Å². The van der Waals surface area contributed by atoms with Crippen LogP contribution in [0.15, 0.2) is 30.3 Å². The summed E-state index contributed by atoms with van der Waals surface area (Å²) in [6, 6.07) is 8.92. The van der Waals surface area contributed by atoms with E-state index in [0.717, 1.165) is 18.4 Å². The van der Waals surface area contributed by atoms with E-state index in [2.05, 4.69) is 5.32 Å². The molecule has 4 heteroatoms. The lowest BCUT2D eigenvalue weighted by Crippen LogP contribution is -2.66. The highest BCUT2D eigenvalue weighted by atomic mass is 16.2. The number of hydrogen-bond donors (Lipinski definition) is 1. The fourth-order valence-electron chi connectivity index (χ4n) is 2.98. The Kier molecular flexibility index (Phi) is 2.62. The van der Waals surface area contributed by atoms with Gasteiger partial charge in [0.05, 0.1) is 0 Å². The van der Waals surface area contributed by atoms with Gasteiger partial charge in [0.25, 0.3) is 0 Å². The quantitative estimate of drug-likeness (QED) is 0.873. The lowest BCUT2D eigenvalue weighted by Gasteiger charge is -2.43. The zero-order valence-corrected chi connectivity index (χ0v) is 11.2. The molecule has 2 aliphatic rings. The molecule has 1 saturated heterocycles. The van der Waals surface area contributed by atoms with Crippen LogP contribution in [0.25, 0.3) is 0 Å². The van der Waals surface area contributed by atoms with Gasteiger partial charge in [0, 0.05) is 7.05 Å². The minimum Gasteiger partial charge on any atom is -0.340 e. The number of piperazine rings is 1. The first-order chi connectivity index (χ1) is 9.04. The Labute approximate surface area is 112 Å². The number of likely N-dealkylation sites (N-methyl/N-ethyl adjacent to an activating group) is 1. The van der Waals surface area contributed by atoms with Gasteiger partial charge in [-0.15, -0.1) is 0 Å². The minimum absolute atomic E-state index is 0.0171. The Morgan fingerprint density at radius 2 is 1.84 bits per heavy atom. The van der Waals surface area contributed by atoms with Crippen molar-refractivity contribution in [3.63, 3.8) is 0 Å². The molecule has 0 radical (unpaired) electrons. The fraction of sp³-hybridized carbons (Fsp3) is 0.467. The number of benzene rings is 1.